The van der Waals surface area contributed by atoms with Crippen LogP contribution in [0.25, 0.3) is 67.0 Å². The Bertz CT molecular complexity index is 2290. The van der Waals surface area contributed by atoms with Crippen molar-refractivity contribution in [1.29, 1.82) is 0 Å². The topological polar surface area (TPSA) is 185 Å². The molecule has 13 heteroatoms. The highest BCUT2D eigenvalue weighted by Gasteiger charge is 2.18. The third-order valence-electron chi connectivity index (χ3n) is 8.11. The molecule has 0 saturated heterocycles. The minimum atomic E-state index is -0.394. The fourth-order valence-corrected chi connectivity index (χ4v) is 5.54. The van der Waals surface area contributed by atoms with Crippen LogP contribution in [0.3, 0.4) is 0 Å². The van der Waals surface area contributed by atoms with Gasteiger partial charge in [-0.1, -0.05) is 30.3 Å². The van der Waals surface area contributed by atoms with Gasteiger partial charge in [0.15, 0.2) is 5.82 Å². The molecular formula is C34H29N11O2. The summed E-state index contributed by atoms with van der Waals surface area (Å²) >= 11 is 0. The molecule has 8 aromatic rings. The molecule has 0 aliphatic carbocycles. The Hall–Kier alpha value is -6.34. The molecule has 0 fully saturated rings. The average molecular weight is 624 g/mol. The molecule has 0 spiro atoms. The lowest BCUT2D eigenvalue weighted by molar-refractivity contribution is 0.151. The van der Waals surface area contributed by atoms with Gasteiger partial charge in [0.25, 0.3) is 0 Å². The van der Waals surface area contributed by atoms with E-state index in [2.05, 4.69) is 51.0 Å². The second kappa shape index (κ2) is 11.9. The maximum Gasteiger partial charge on any atom is 0.155 e. The number of benzene rings is 4. The number of nitrogens with zero attached hydrogens (tertiary/aromatic N) is 6. The average Bonchev–Trinajstić information content (AvgIpc) is 3.94. The van der Waals surface area contributed by atoms with Crippen molar-refractivity contribution >= 4 is 21.8 Å². The molecule has 4 aromatic heterocycles. The molecule has 2 atom stereocenters. The van der Waals surface area contributed by atoms with E-state index in [4.69, 9.17) is 15.2 Å². The first-order valence-corrected chi connectivity index (χ1v) is 15.0. The minimum Gasteiger partial charge on any atom is -0.492 e. The number of aromatic nitrogens is 10. The number of H-pyrrole nitrogens is 4. The molecule has 2 unspecified atom stereocenters. The van der Waals surface area contributed by atoms with Crippen molar-refractivity contribution in [2.24, 2.45) is 5.73 Å². The smallest absolute Gasteiger partial charge is 0.155 e. The van der Waals surface area contributed by atoms with Crippen LogP contribution in [-0.4, -0.2) is 69.7 Å². The second-order valence-electron chi connectivity index (χ2n) is 11.2. The van der Waals surface area contributed by atoms with Crippen molar-refractivity contribution in [1.82, 2.24) is 51.0 Å². The normalized spacial score (nSPS) is 12.8. The SMILES string of the molecule is CC(Oc1cccc(-c2n[nH]c3ccc(-c4ncn[nH]4)cc23)c1)C(N)COc1cccc(-c2n[nH]c3ccc(-c4cn[nH]n4)cc23)c1. The maximum atomic E-state index is 6.54. The molecule has 4 aromatic carbocycles. The van der Waals surface area contributed by atoms with Gasteiger partial charge < -0.3 is 15.2 Å². The summed E-state index contributed by atoms with van der Waals surface area (Å²) in [7, 11) is 0. The van der Waals surface area contributed by atoms with Gasteiger partial charge in [0.1, 0.15) is 47.6 Å². The highest BCUT2D eigenvalue weighted by Crippen LogP contribution is 2.33. The van der Waals surface area contributed by atoms with E-state index in [1.165, 1.54) is 6.33 Å². The van der Waals surface area contributed by atoms with Crippen LogP contribution in [0.1, 0.15) is 6.92 Å². The Kier molecular flexibility index (Phi) is 7.11. The van der Waals surface area contributed by atoms with Gasteiger partial charge in [-0.05, 0) is 61.5 Å². The van der Waals surface area contributed by atoms with Gasteiger partial charge in [-0.15, -0.1) is 0 Å². The van der Waals surface area contributed by atoms with E-state index in [0.29, 0.717) is 17.3 Å². The molecule has 6 N–H and O–H groups in total. The van der Waals surface area contributed by atoms with Crippen molar-refractivity contribution in [3.8, 4) is 56.7 Å². The van der Waals surface area contributed by atoms with Crippen molar-refractivity contribution in [3.05, 3.63) is 97.5 Å². The first-order valence-electron chi connectivity index (χ1n) is 15.0. The van der Waals surface area contributed by atoms with Crippen LogP contribution >= 0.6 is 0 Å². The van der Waals surface area contributed by atoms with Crippen LogP contribution < -0.4 is 15.2 Å². The Morgan fingerprint density at radius 3 is 2.06 bits per heavy atom. The van der Waals surface area contributed by atoms with Crippen LogP contribution in [-0.2, 0) is 0 Å². The number of rotatable bonds is 10. The zero-order chi connectivity index (χ0) is 31.7. The molecule has 13 nitrogen and oxygen atoms in total. The summed E-state index contributed by atoms with van der Waals surface area (Å²) in [5, 5.41) is 35.0. The first kappa shape index (κ1) is 28.2. The predicted molar refractivity (Wildman–Crippen MR) is 177 cm³/mol. The molecule has 0 aliphatic heterocycles. The first-order chi connectivity index (χ1) is 23.1. The molecule has 47 heavy (non-hydrogen) atoms. The van der Waals surface area contributed by atoms with Crippen LogP contribution in [0.15, 0.2) is 97.5 Å². The number of ether oxygens (including phenoxy) is 2. The zero-order valence-electron chi connectivity index (χ0n) is 25.2. The van der Waals surface area contributed by atoms with Crippen LogP contribution in [0, 0.1) is 0 Å². The summed E-state index contributed by atoms with van der Waals surface area (Å²) in [6, 6.07) is 27.2. The third-order valence-corrected chi connectivity index (χ3v) is 8.11. The van der Waals surface area contributed by atoms with E-state index < -0.39 is 6.04 Å². The molecular weight excluding hydrogens is 594 g/mol. The van der Waals surface area contributed by atoms with E-state index in [0.717, 1.165) is 61.1 Å². The molecule has 0 radical (unpaired) electrons. The number of hydrogen-bond donors (Lipinski definition) is 5. The molecule has 0 saturated carbocycles. The van der Waals surface area contributed by atoms with Crippen molar-refractivity contribution in [3.63, 3.8) is 0 Å². The summed E-state index contributed by atoms with van der Waals surface area (Å²) < 4.78 is 12.4. The molecule has 0 aliphatic rings. The van der Waals surface area contributed by atoms with Crippen LogP contribution in [0.5, 0.6) is 11.5 Å². The number of fused-ring (bicyclic) bond motifs is 2. The van der Waals surface area contributed by atoms with E-state index >= 15 is 0 Å². The lowest BCUT2D eigenvalue weighted by atomic mass is 10.0. The van der Waals surface area contributed by atoms with E-state index in [1.54, 1.807) is 6.20 Å². The van der Waals surface area contributed by atoms with Gasteiger partial charge >= 0.3 is 0 Å². The lowest BCUT2D eigenvalue weighted by Crippen LogP contribution is -2.41. The maximum absolute atomic E-state index is 6.54. The summed E-state index contributed by atoms with van der Waals surface area (Å²) in [5.41, 5.74) is 14.5. The fourth-order valence-electron chi connectivity index (χ4n) is 5.54. The van der Waals surface area contributed by atoms with E-state index in [-0.39, 0.29) is 12.7 Å². The van der Waals surface area contributed by atoms with Gasteiger partial charge in [-0.25, -0.2) is 4.98 Å². The predicted octanol–water partition coefficient (Wildman–Crippen LogP) is 5.52. The summed E-state index contributed by atoms with van der Waals surface area (Å²) in [6.45, 7) is 2.20. The largest absolute Gasteiger partial charge is 0.492 e. The number of nitrogens with one attached hydrogen (secondary N) is 4. The molecule has 8 rings (SSSR count). The van der Waals surface area contributed by atoms with Crippen molar-refractivity contribution in [2.45, 2.75) is 19.1 Å². The van der Waals surface area contributed by atoms with E-state index in [9.17, 15) is 0 Å². The highest BCUT2D eigenvalue weighted by atomic mass is 16.5. The third kappa shape index (κ3) is 5.55. The lowest BCUT2D eigenvalue weighted by Gasteiger charge is -2.22. The van der Waals surface area contributed by atoms with E-state index in [1.807, 2.05) is 91.9 Å². The minimum absolute atomic E-state index is 0.260. The quantitative estimate of drug-likeness (QED) is 0.131. The van der Waals surface area contributed by atoms with Crippen LogP contribution in [0.4, 0.5) is 0 Å². The summed E-state index contributed by atoms with van der Waals surface area (Å²) in [5.74, 6) is 2.07. The van der Waals surface area contributed by atoms with Gasteiger partial charge in [-0.2, -0.15) is 30.7 Å². The molecule has 4 heterocycles. The number of aromatic amines is 4. The Morgan fingerprint density at radius 2 is 1.38 bits per heavy atom. The fraction of sp³-hybridized carbons (Fsp3) is 0.118. The Labute approximate surface area is 267 Å². The van der Waals surface area contributed by atoms with Crippen LogP contribution in [0.2, 0.25) is 0 Å². The molecule has 0 bridgehead atoms. The standard InChI is InChI=1S/C34H29N11O2/c1-19(47-25-7-3-5-22(13-25)33-27-15-23(34-36-18-38-44-34)9-11-30(27)40-43-33)28(35)17-46-24-6-2-4-21(12-24)32-26-14-20(31-16-37-45-41-31)8-10-29(26)39-42-32/h2-16,18-19,28H,17,35H2,1H3,(H,39,42)(H,40,43)(H,36,38,44)(H,37,41,45). The van der Waals surface area contributed by atoms with Crippen molar-refractivity contribution in [2.75, 3.05) is 6.61 Å². The summed E-state index contributed by atoms with van der Waals surface area (Å²) in [6.07, 6.45) is 2.86. The highest BCUT2D eigenvalue weighted by molar-refractivity contribution is 5.96. The van der Waals surface area contributed by atoms with Gasteiger partial charge in [0.2, 0.25) is 0 Å². The Balaban J connectivity index is 0.950. The monoisotopic (exact) mass is 623 g/mol. The molecule has 0 amide bonds. The van der Waals surface area contributed by atoms with Gasteiger partial charge in [0, 0.05) is 33.0 Å². The summed E-state index contributed by atoms with van der Waals surface area (Å²) in [4.78, 5) is 4.27. The number of nitrogens with two attached hydrogens (primary N) is 1. The van der Waals surface area contributed by atoms with Crippen molar-refractivity contribution < 1.29 is 9.47 Å². The molecule has 232 valence electrons. The zero-order valence-corrected chi connectivity index (χ0v) is 25.2. The Morgan fingerprint density at radius 1 is 0.702 bits per heavy atom. The van der Waals surface area contributed by atoms with Gasteiger partial charge in [-0.3, -0.25) is 15.3 Å². The second-order valence-corrected chi connectivity index (χ2v) is 11.2. The van der Waals surface area contributed by atoms with Gasteiger partial charge in [0.05, 0.1) is 23.3 Å². The number of hydrogen-bond acceptors (Lipinski definition) is 9.